The Kier molecular flexibility index (Phi) is 14.2. The molecule has 4 rings (SSSR count). The molecule has 1 aliphatic rings. The molecular weight excluding hydrogens is 693 g/mol. The number of fused-ring (bicyclic) bond motifs is 6. The van der Waals surface area contributed by atoms with Crippen LogP contribution in [-0.2, 0) is 69.3 Å². The lowest BCUT2D eigenvalue weighted by molar-refractivity contribution is 0.389. The minimum Gasteiger partial charge on any atom is -0.319 e. The molecule has 0 spiro atoms. The van der Waals surface area contributed by atoms with E-state index in [0.717, 1.165) is 33.4 Å². The SMILES string of the molecule is CNCCS(=O)(=O)N1Cc2cccc(c2)CN(S(=O)(=O)CCC(C)C)Cc2cccc(c2)CN(S(=O)(=O)CCC(C)C)Cc2cccc(c2)C1. The van der Waals surface area contributed by atoms with Crippen LogP contribution in [0.1, 0.15) is 73.9 Å². The molecule has 0 fully saturated rings. The highest BCUT2D eigenvalue weighted by Gasteiger charge is 2.27. The molecule has 0 atom stereocenters. The normalized spacial score (nSPS) is 16.4. The first kappa shape index (κ1) is 40.1. The second-order valence-corrected chi connectivity index (χ2v) is 20.4. The summed E-state index contributed by atoms with van der Waals surface area (Å²) >= 11 is 0. The Bertz CT molecular complexity index is 1780. The van der Waals surface area contributed by atoms with Crippen LogP contribution >= 0.6 is 0 Å². The van der Waals surface area contributed by atoms with E-state index in [4.69, 9.17) is 0 Å². The number of nitrogens with zero attached hydrogens (tertiary/aromatic N) is 3. The summed E-state index contributed by atoms with van der Waals surface area (Å²) in [5, 5.41) is 2.93. The van der Waals surface area contributed by atoms with Crippen molar-refractivity contribution in [3.8, 4) is 0 Å². The largest absolute Gasteiger partial charge is 0.319 e. The van der Waals surface area contributed by atoms with Gasteiger partial charge in [-0.25, -0.2) is 25.3 Å². The van der Waals surface area contributed by atoms with Gasteiger partial charge in [0.25, 0.3) is 0 Å². The fourth-order valence-corrected chi connectivity index (χ4v) is 10.7. The van der Waals surface area contributed by atoms with E-state index in [1.165, 1.54) is 12.9 Å². The lowest BCUT2D eigenvalue weighted by Gasteiger charge is -2.26. The summed E-state index contributed by atoms with van der Waals surface area (Å²) in [6, 6.07) is 22.4. The zero-order valence-electron chi connectivity index (χ0n) is 30.1. The van der Waals surface area contributed by atoms with Crippen LogP contribution in [0.5, 0.6) is 0 Å². The van der Waals surface area contributed by atoms with Crippen molar-refractivity contribution < 1.29 is 25.3 Å². The number of nitrogens with one attached hydrogen (secondary N) is 1. The molecule has 276 valence electrons. The summed E-state index contributed by atoms with van der Waals surface area (Å²) in [5.74, 6) is 0.318. The smallest absolute Gasteiger partial charge is 0.215 e. The Morgan fingerprint density at radius 1 is 0.500 bits per heavy atom. The Morgan fingerprint density at radius 3 is 1.00 bits per heavy atom. The van der Waals surface area contributed by atoms with Crippen LogP contribution in [0.4, 0.5) is 0 Å². The van der Waals surface area contributed by atoms with E-state index in [0.29, 0.717) is 12.8 Å². The van der Waals surface area contributed by atoms with Gasteiger partial charge in [-0.15, -0.1) is 0 Å². The third-order valence-corrected chi connectivity index (χ3v) is 14.2. The maximum absolute atomic E-state index is 13.8. The van der Waals surface area contributed by atoms with Crippen molar-refractivity contribution in [3.63, 3.8) is 0 Å². The number of rotatable bonds is 12. The van der Waals surface area contributed by atoms with E-state index in [9.17, 15) is 25.3 Å². The zero-order valence-corrected chi connectivity index (χ0v) is 32.5. The summed E-state index contributed by atoms with van der Waals surface area (Å²) in [6.45, 7) is 8.92. The predicted octanol–water partition coefficient (Wildman–Crippen LogP) is 5.31. The van der Waals surface area contributed by atoms with Crippen molar-refractivity contribution >= 4 is 30.1 Å². The zero-order chi connectivity index (χ0) is 36.5. The molecule has 6 bridgehead atoms. The summed E-state index contributed by atoms with van der Waals surface area (Å²) in [7, 11) is -9.36. The van der Waals surface area contributed by atoms with Crippen molar-refractivity contribution in [1.29, 1.82) is 0 Å². The first-order chi connectivity index (χ1) is 23.6. The van der Waals surface area contributed by atoms with Gasteiger partial charge in [0.15, 0.2) is 0 Å². The fraction of sp³-hybridized carbons (Fsp3) is 0.514. The summed E-state index contributed by atoms with van der Waals surface area (Å²) < 4.78 is 87.1. The maximum Gasteiger partial charge on any atom is 0.215 e. The van der Waals surface area contributed by atoms with Crippen LogP contribution in [0.15, 0.2) is 72.8 Å². The number of hydrogen-bond acceptors (Lipinski definition) is 7. The highest BCUT2D eigenvalue weighted by molar-refractivity contribution is 7.89. The molecule has 13 heteroatoms. The Hall–Kier alpha value is -2.65. The number of sulfonamides is 3. The second-order valence-electron chi connectivity index (χ2n) is 14.2. The molecular formula is C37H54N4O6S3. The van der Waals surface area contributed by atoms with Gasteiger partial charge in [-0.2, -0.15) is 12.9 Å². The van der Waals surface area contributed by atoms with Crippen molar-refractivity contribution in [2.24, 2.45) is 11.8 Å². The lowest BCUT2D eigenvalue weighted by atomic mass is 10.1. The van der Waals surface area contributed by atoms with Gasteiger partial charge in [0, 0.05) is 45.8 Å². The molecule has 3 aromatic rings. The van der Waals surface area contributed by atoms with E-state index >= 15 is 0 Å². The minimum absolute atomic E-state index is 0.00114. The lowest BCUT2D eigenvalue weighted by Crippen LogP contribution is -2.35. The van der Waals surface area contributed by atoms with Gasteiger partial charge in [-0.05, 0) is 65.1 Å². The molecule has 50 heavy (non-hydrogen) atoms. The average Bonchev–Trinajstić information content (AvgIpc) is 3.05. The van der Waals surface area contributed by atoms with E-state index in [1.807, 2.05) is 100 Å². The van der Waals surface area contributed by atoms with E-state index < -0.39 is 30.1 Å². The summed E-state index contributed by atoms with van der Waals surface area (Å²) in [6.07, 6.45) is 1.03. The molecule has 0 unspecified atom stereocenters. The first-order valence-electron chi connectivity index (χ1n) is 17.4. The molecule has 10 nitrogen and oxygen atoms in total. The van der Waals surface area contributed by atoms with Crippen molar-refractivity contribution in [3.05, 3.63) is 106 Å². The molecule has 0 saturated carbocycles. The van der Waals surface area contributed by atoms with Crippen LogP contribution in [0, 0.1) is 11.8 Å². The van der Waals surface area contributed by atoms with Gasteiger partial charge in [0.05, 0.1) is 17.3 Å². The fourth-order valence-electron chi connectivity index (χ4n) is 5.85. The molecule has 0 radical (unpaired) electrons. The highest BCUT2D eigenvalue weighted by Crippen LogP contribution is 2.24. The molecule has 1 aliphatic heterocycles. The van der Waals surface area contributed by atoms with Crippen LogP contribution in [0.2, 0.25) is 0 Å². The predicted molar refractivity (Wildman–Crippen MR) is 201 cm³/mol. The molecule has 3 aromatic carbocycles. The van der Waals surface area contributed by atoms with Crippen LogP contribution in [0.3, 0.4) is 0 Å². The third kappa shape index (κ3) is 12.0. The highest BCUT2D eigenvalue weighted by atomic mass is 32.2. The van der Waals surface area contributed by atoms with E-state index in [1.54, 1.807) is 7.05 Å². The molecule has 0 amide bonds. The van der Waals surface area contributed by atoms with Crippen LogP contribution in [-0.4, -0.2) is 69.0 Å². The molecule has 0 aliphatic carbocycles. The van der Waals surface area contributed by atoms with E-state index in [2.05, 4.69) is 5.32 Å². The molecule has 1 N–H and O–H groups in total. The Morgan fingerprint density at radius 2 is 0.760 bits per heavy atom. The van der Waals surface area contributed by atoms with Gasteiger partial charge in [0.1, 0.15) is 0 Å². The standard InChI is InChI=1S/C37H54N4O6S3/c1-30(2)15-18-48(42,43)39-24-32-9-6-10-33(21-32)25-40(49(44,45)19-16-31(3)4)27-35-12-8-14-37(23-35)29-41(50(46,47)20-17-38-5)28-36-13-7-11-34(22-36)26-39/h6-14,21-23,30-31,38H,15-20,24-29H2,1-5H3. The molecule has 0 aromatic heterocycles. The molecule has 1 heterocycles. The Labute approximate surface area is 301 Å². The quantitative estimate of drug-likeness (QED) is 0.267. The topological polar surface area (TPSA) is 124 Å². The second kappa shape index (κ2) is 17.7. The number of hydrogen-bond donors (Lipinski definition) is 1. The van der Waals surface area contributed by atoms with Gasteiger partial charge < -0.3 is 5.32 Å². The minimum atomic E-state index is -3.71. The van der Waals surface area contributed by atoms with Gasteiger partial charge in [-0.1, -0.05) is 100 Å². The molecule has 0 saturated heterocycles. The summed E-state index contributed by atoms with van der Waals surface area (Å²) in [4.78, 5) is 0. The maximum atomic E-state index is 13.8. The number of benzene rings is 3. The average molecular weight is 747 g/mol. The van der Waals surface area contributed by atoms with Crippen molar-refractivity contribution in [2.75, 3.05) is 30.9 Å². The monoisotopic (exact) mass is 746 g/mol. The third-order valence-electron chi connectivity index (χ3n) is 8.82. The van der Waals surface area contributed by atoms with Gasteiger partial charge in [-0.3, -0.25) is 0 Å². The first-order valence-corrected chi connectivity index (χ1v) is 22.2. The van der Waals surface area contributed by atoms with E-state index in [-0.39, 0.29) is 74.9 Å². The Balaban J connectivity index is 1.84. The van der Waals surface area contributed by atoms with Crippen LogP contribution < -0.4 is 5.32 Å². The van der Waals surface area contributed by atoms with Gasteiger partial charge >= 0.3 is 0 Å². The van der Waals surface area contributed by atoms with Crippen molar-refractivity contribution in [2.45, 2.75) is 79.8 Å². The summed E-state index contributed by atoms with van der Waals surface area (Å²) in [5.41, 5.74) is 4.52. The van der Waals surface area contributed by atoms with Gasteiger partial charge in [0.2, 0.25) is 30.1 Å². The van der Waals surface area contributed by atoms with Crippen LogP contribution in [0.25, 0.3) is 0 Å². The van der Waals surface area contributed by atoms with Crippen molar-refractivity contribution in [1.82, 2.24) is 18.2 Å².